The van der Waals surface area contributed by atoms with Crippen molar-refractivity contribution in [1.82, 2.24) is 5.32 Å². The number of carboxylic acid groups (broad SMARTS) is 1. The van der Waals surface area contributed by atoms with Crippen LogP contribution in [0.15, 0.2) is 0 Å². The van der Waals surface area contributed by atoms with E-state index in [9.17, 15) is 9.59 Å². The molecule has 0 radical (unpaired) electrons. The number of ketones is 1. The van der Waals surface area contributed by atoms with E-state index in [-0.39, 0.29) is 11.2 Å². The van der Waals surface area contributed by atoms with Gasteiger partial charge in [0.15, 0.2) is 5.78 Å². The van der Waals surface area contributed by atoms with Gasteiger partial charge in [-0.15, -0.1) is 11.8 Å². The van der Waals surface area contributed by atoms with Crippen molar-refractivity contribution < 1.29 is 14.7 Å². The van der Waals surface area contributed by atoms with Crippen LogP contribution in [-0.4, -0.2) is 39.8 Å². The highest BCUT2D eigenvalue weighted by Crippen LogP contribution is 2.20. The summed E-state index contributed by atoms with van der Waals surface area (Å²) in [6.07, 6.45) is 0.389. The van der Waals surface area contributed by atoms with Crippen LogP contribution in [0, 0.1) is 0 Å². The van der Waals surface area contributed by atoms with Crippen molar-refractivity contribution >= 4 is 36.1 Å². The molecule has 0 aromatic carbocycles. The van der Waals surface area contributed by atoms with Crippen LogP contribution < -0.4 is 5.32 Å². The van der Waals surface area contributed by atoms with Crippen LogP contribution in [0.1, 0.15) is 6.42 Å². The first kappa shape index (κ1) is 10.9. The smallest absolute Gasteiger partial charge is 0.321 e. The zero-order valence-electron chi connectivity index (χ0n) is 6.90. The number of carboxylic acids is 1. The predicted molar refractivity (Wildman–Crippen MR) is 54.3 cm³/mol. The second kappa shape index (κ2) is 4.88. The molecule has 74 valence electrons. The number of thioether (sulfide) groups is 1. The number of rotatable bonds is 4. The van der Waals surface area contributed by atoms with E-state index in [0.29, 0.717) is 17.9 Å². The van der Waals surface area contributed by atoms with Gasteiger partial charge in [-0.3, -0.25) is 14.9 Å². The number of hydrogen-bond donors (Lipinski definition) is 3. The minimum atomic E-state index is -0.895. The molecule has 0 aromatic rings. The van der Waals surface area contributed by atoms with Gasteiger partial charge in [-0.2, -0.15) is 12.6 Å². The van der Waals surface area contributed by atoms with Gasteiger partial charge in [-0.05, 0) is 5.75 Å². The first-order valence-corrected chi connectivity index (χ1v) is 5.57. The molecule has 2 unspecified atom stereocenters. The Labute approximate surface area is 85.9 Å². The average Bonchev–Trinajstić information content (AvgIpc) is 2.52. The van der Waals surface area contributed by atoms with Gasteiger partial charge in [0.2, 0.25) is 0 Å². The molecule has 4 nitrogen and oxygen atoms in total. The van der Waals surface area contributed by atoms with Gasteiger partial charge in [0.1, 0.15) is 11.4 Å². The molecule has 6 heteroatoms. The molecule has 0 amide bonds. The Hall–Kier alpha value is -0.200. The third kappa shape index (κ3) is 2.89. The van der Waals surface area contributed by atoms with Crippen molar-refractivity contribution in [2.75, 3.05) is 11.5 Å². The third-order valence-electron chi connectivity index (χ3n) is 1.73. The Bertz CT molecular complexity index is 222. The number of Topliss-reactive ketones (excluding diaryl/α,β-unsaturated/α-hetero) is 1. The number of nitrogens with one attached hydrogen (secondary N) is 1. The van der Waals surface area contributed by atoms with Gasteiger partial charge in [0.25, 0.3) is 0 Å². The number of hydrogen-bond acceptors (Lipinski definition) is 5. The van der Waals surface area contributed by atoms with Crippen molar-refractivity contribution in [1.29, 1.82) is 0 Å². The van der Waals surface area contributed by atoms with Crippen LogP contribution in [0.3, 0.4) is 0 Å². The highest BCUT2D eigenvalue weighted by molar-refractivity contribution is 8.00. The molecule has 2 N–H and O–H groups in total. The summed E-state index contributed by atoms with van der Waals surface area (Å²) in [6, 6.07) is -0.584. The lowest BCUT2D eigenvalue weighted by Gasteiger charge is -2.08. The predicted octanol–water partition coefficient (Wildman–Crippen LogP) is -0.00890. The number of carbonyl (C=O) groups excluding carboxylic acids is 1. The number of aliphatic carboxylic acids is 1. The molecule has 1 saturated heterocycles. The van der Waals surface area contributed by atoms with Crippen molar-refractivity contribution in [3.05, 3.63) is 0 Å². The second-order valence-electron chi connectivity index (χ2n) is 2.71. The molecule has 2 atom stereocenters. The lowest BCUT2D eigenvalue weighted by atomic mass is 10.3. The first-order valence-electron chi connectivity index (χ1n) is 3.89. The Morgan fingerprint density at radius 2 is 2.31 bits per heavy atom. The lowest BCUT2D eigenvalue weighted by Crippen LogP contribution is -2.39. The maximum Gasteiger partial charge on any atom is 0.321 e. The van der Waals surface area contributed by atoms with Crippen molar-refractivity contribution in [2.45, 2.75) is 17.8 Å². The van der Waals surface area contributed by atoms with Crippen molar-refractivity contribution in [3.8, 4) is 0 Å². The monoisotopic (exact) mass is 221 g/mol. The van der Waals surface area contributed by atoms with Crippen LogP contribution >= 0.6 is 24.4 Å². The van der Waals surface area contributed by atoms with Gasteiger partial charge < -0.3 is 5.11 Å². The Kier molecular flexibility index (Phi) is 4.08. The minimum absolute atomic E-state index is 0.0313. The molecule has 1 rings (SSSR count). The van der Waals surface area contributed by atoms with E-state index in [1.807, 2.05) is 0 Å². The van der Waals surface area contributed by atoms with E-state index < -0.39 is 12.0 Å². The molecule has 0 spiro atoms. The SMILES string of the molecule is O=C(O)C1CSC(C(=O)CCS)N1. The zero-order valence-corrected chi connectivity index (χ0v) is 8.61. The van der Waals surface area contributed by atoms with Gasteiger partial charge in [0.05, 0.1) is 0 Å². The summed E-state index contributed by atoms with van der Waals surface area (Å²) in [4.78, 5) is 21.8. The average molecular weight is 221 g/mol. The lowest BCUT2D eigenvalue weighted by molar-refractivity contribution is -0.138. The van der Waals surface area contributed by atoms with E-state index in [1.165, 1.54) is 11.8 Å². The van der Waals surface area contributed by atoms with Crippen molar-refractivity contribution in [2.24, 2.45) is 0 Å². The second-order valence-corrected chi connectivity index (χ2v) is 4.30. The summed E-state index contributed by atoms with van der Waals surface area (Å²) < 4.78 is 0. The molecule has 1 aliphatic heterocycles. The normalized spacial score (nSPS) is 27.5. The quantitative estimate of drug-likeness (QED) is 0.583. The molecule has 0 aromatic heterocycles. The molecule has 1 heterocycles. The fourth-order valence-corrected chi connectivity index (χ4v) is 2.45. The maximum atomic E-state index is 11.3. The minimum Gasteiger partial charge on any atom is -0.480 e. The summed E-state index contributed by atoms with van der Waals surface area (Å²) in [6.45, 7) is 0. The molecular formula is C7H11NO3S2. The van der Waals surface area contributed by atoms with Crippen LogP contribution in [0.4, 0.5) is 0 Å². The standard InChI is InChI=1S/C7H11NO3S2/c9-5(1-2-12)6-8-4(3-13-6)7(10)11/h4,6,8,12H,1-3H2,(H,10,11). The summed E-state index contributed by atoms with van der Waals surface area (Å²) in [7, 11) is 0. The fraction of sp³-hybridized carbons (Fsp3) is 0.714. The summed E-state index contributed by atoms with van der Waals surface area (Å²) in [5.41, 5.74) is 0. The Morgan fingerprint density at radius 1 is 1.62 bits per heavy atom. The maximum absolute atomic E-state index is 11.3. The summed E-state index contributed by atoms with van der Waals surface area (Å²) in [5, 5.41) is 11.0. The van der Waals surface area contributed by atoms with Gasteiger partial charge >= 0.3 is 5.97 Å². The van der Waals surface area contributed by atoms with Gasteiger partial charge in [-0.1, -0.05) is 0 Å². The van der Waals surface area contributed by atoms with E-state index >= 15 is 0 Å². The summed E-state index contributed by atoms with van der Waals surface area (Å²) >= 11 is 5.29. The van der Waals surface area contributed by atoms with E-state index in [1.54, 1.807) is 0 Å². The highest BCUT2D eigenvalue weighted by Gasteiger charge is 2.32. The molecule has 0 bridgehead atoms. The number of thiol groups is 1. The van der Waals surface area contributed by atoms with Crippen LogP contribution in [-0.2, 0) is 9.59 Å². The topological polar surface area (TPSA) is 66.4 Å². The zero-order chi connectivity index (χ0) is 9.84. The fourth-order valence-electron chi connectivity index (χ4n) is 1.04. The Morgan fingerprint density at radius 3 is 2.77 bits per heavy atom. The van der Waals surface area contributed by atoms with Crippen molar-refractivity contribution in [3.63, 3.8) is 0 Å². The molecule has 1 fully saturated rings. The molecule has 1 aliphatic rings. The van der Waals surface area contributed by atoms with Crippen LogP contribution in [0.25, 0.3) is 0 Å². The molecule has 13 heavy (non-hydrogen) atoms. The first-order chi connectivity index (χ1) is 6.15. The van der Waals surface area contributed by atoms with Crippen LogP contribution in [0.5, 0.6) is 0 Å². The number of carbonyl (C=O) groups is 2. The molecule has 0 saturated carbocycles. The highest BCUT2D eigenvalue weighted by atomic mass is 32.2. The molecular weight excluding hydrogens is 210 g/mol. The van der Waals surface area contributed by atoms with E-state index in [4.69, 9.17) is 5.11 Å². The van der Waals surface area contributed by atoms with Gasteiger partial charge in [-0.25, -0.2) is 0 Å². The van der Waals surface area contributed by atoms with Gasteiger partial charge in [0, 0.05) is 12.2 Å². The summed E-state index contributed by atoms with van der Waals surface area (Å²) in [5.74, 6) is 0.102. The van der Waals surface area contributed by atoms with E-state index in [2.05, 4.69) is 17.9 Å². The third-order valence-corrected chi connectivity index (χ3v) is 3.21. The van der Waals surface area contributed by atoms with E-state index in [0.717, 1.165) is 0 Å². The van der Waals surface area contributed by atoms with Crippen LogP contribution in [0.2, 0.25) is 0 Å². The largest absolute Gasteiger partial charge is 0.480 e. The molecule has 0 aliphatic carbocycles. The Balaban J connectivity index is 2.40.